The van der Waals surface area contributed by atoms with Gasteiger partial charge < -0.3 is 14.6 Å². The number of aryl methyl sites for hydroxylation is 1. The molecule has 0 aliphatic carbocycles. The molecule has 172 valence electrons. The van der Waals surface area contributed by atoms with E-state index >= 15 is 0 Å². The van der Waals surface area contributed by atoms with E-state index in [1.807, 2.05) is 0 Å². The summed E-state index contributed by atoms with van der Waals surface area (Å²) in [5, 5.41) is 2.62. The summed E-state index contributed by atoms with van der Waals surface area (Å²) in [4.78, 5) is 36.8. The number of carbonyl (C=O) groups is 2. The largest absolute Gasteiger partial charge is 0.427 e. The number of nitrogens with one attached hydrogen (secondary N) is 1. The topological polar surface area (TPSA) is 77.4 Å². The first kappa shape index (κ1) is 23.8. The van der Waals surface area contributed by atoms with Gasteiger partial charge in [-0.05, 0) is 67.4 Å². The number of alkyl halides is 3. The first-order chi connectivity index (χ1) is 15.5. The minimum absolute atomic E-state index is 0.0157. The lowest BCUT2D eigenvalue weighted by Crippen LogP contribution is -2.31. The molecule has 1 aromatic heterocycles. The van der Waals surface area contributed by atoms with Gasteiger partial charge in [0.15, 0.2) is 0 Å². The van der Waals surface area contributed by atoms with E-state index in [2.05, 4.69) is 5.32 Å². The van der Waals surface area contributed by atoms with E-state index in [0.717, 1.165) is 12.1 Å². The van der Waals surface area contributed by atoms with Crippen molar-refractivity contribution in [3.05, 3.63) is 92.9 Å². The smallest absolute Gasteiger partial charge is 0.416 e. The third kappa shape index (κ3) is 5.68. The van der Waals surface area contributed by atoms with Crippen molar-refractivity contribution in [1.82, 2.24) is 4.57 Å². The van der Waals surface area contributed by atoms with Crippen LogP contribution in [0.15, 0.2) is 59.4 Å². The van der Waals surface area contributed by atoms with Crippen LogP contribution < -0.4 is 15.6 Å². The number of rotatable bonds is 5. The predicted octanol–water partition coefficient (Wildman–Crippen LogP) is 4.71. The Hall–Kier alpha value is -3.88. The average Bonchev–Trinajstić information content (AvgIpc) is 2.74. The third-order valence-electron chi connectivity index (χ3n) is 5.05. The highest BCUT2D eigenvalue weighted by Crippen LogP contribution is 2.29. The highest BCUT2D eigenvalue weighted by molar-refractivity contribution is 6.04. The molecular weight excluding hydrogens is 437 g/mol. The van der Waals surface area contributed by atoms with Crippen LogP contribution in [0.5, 0.6) is 5.75 Å². The van der Waals surface area contributed by atoms with Crippen LogP contribution in [0.3, 0.4) is 0 Å². The standard InChI is InChI=1S/C24H21F3N2O4/c1-14-12-21(22(31)28-19-8-10-20(11-9-19)33-16(3)30)23(32)29(15(14)2)13-17-4-6-18(7-5-17)24(25,26)27/h4-12H,13H2,1-3H3,(H,28,31). The molecule has 6 nitrogen and oxygen atoms in total. The quantitative estimate of drug-likeness (QED) is 0.444. The minimum atomic E-state index is -4.45. The van der Waals surface area contributed by atoms with Crippen LogP contribution in [0.25, 0.3) is 0 Å². The molecule has 0 bridgehead atoms. The molecule has 0 fully saturated rings. The first-order valence-corrected chi connectivity index (χ1v) is 9.92. The summed E-state index contributed by atoms with van der Waals surface area (Å²) in [6.07, 6.45) is -4.45. The van der Waals surface area contributed by atoms with E-state index < -0.39 is 29.2 Å². The fourth-order valence-corrected chi connectivity index (χ4v) is 3.20. The summed E-state index contributed by atoms with van der Waals surface area (Å²) >= 11 is 0. The molecule has 3 aromatic rings. The second kappa shape index (κ2) is 9.32. The van der Waals surface area contributed by atoms with E-state index in [1.165, 1.54) is 54.0 Å². The predicted molar refractivity (Wildman–Crippen MR) is 116 cm³/mol. The van der Waals surface area contributed by atoms with E-state index in [-0.39, 0.29) is 12.1 Å². The molecule has 9 heteroatoms. The minimum Gasteiger partial charge on any atom is -0.427 e. The number of halogens is 3. The monoisotopic (exact) mass is 458 g/mol. The summed E-state index contributed by atoms with van der Waals surface area (Å²) in [5.41, 5.74) is 0.716. The zero-order valence-corrected chi connectivity index (χ0v) is 18.1. The van der Waals surface area contributed by atoms with Crippen LogP contribution in [0.4, 0.5) is 18.9 Å². The van der Waals surface area contributed by atoms with Crippen molar-refractivity contribution in [3.8, 4) is 5.75 Å². The van der Waals surface area contributed by atoms with E-state index in [0.29, 0.717) is 28.3 Å². The van der Waals surface area contributed by atoms with Crippen molar-refractivity contribution >= 4 is 17.6 Å². The molecule has 0 spiro atoms. The molecule has 0 radical (unpaired) electrons. The van der Waals surface area contributed by atoms with Gasteiger partial charge in [0, 0.05) is 18.3 Å². The molecule has 3 rings (SSSR count). The van der Waals surface area contributed by atoms with Gasteiger partial charge in [0.05, 0.1) is 12.1 Å². The maximum Gasteiger partial charge on any atom is 0.416 e. The molecule has 0 unspecified atom stereocenters. The lowest BCUT2D eigenvalue weighted by atomic mass is 10.1. The number of nitrogens with zero attached hydrogens (tertiary/aromatic N) is 1. The van der Waals surface area contributed by atoms with Crippen LogP contribution in [0.1, 0.15) is 39.7 Å². The van der Waals surface area contributed by atoms with Crippen molar-refractivity contribution in [2.75, 3.05) is 5.32 Å². The van der Waals surface area contributed by atoms with Crippen LogP contribution >= 0.6 is 0 Å². The van der Waals surface area contributed by atoms with Crippen molar-refractivity contribution < 1.29 is 27.5 Å². The lowest BCUT2D eigenvalue weighted by molar-refractivity contribution is -0.137. The Bertz CT molecular complexity index is 1240. The molecule has 1 heterocycles. The molecular formula is C24H21F3N2O4. The third-order valence-corrected chi connectivity index (χ3v) is 5.05. The van der Waals surface area contributed by atoms with Gasteiger partial charge in [-0.2, -0.15) is 13.2 Å². The Morgan fingerprint density at radius 2 is 1.61 bits per heavy atom. The average molecular weight is 458 g/mol. The maximum absolute atomic E-state index is 13.0. The fraction of sp³-hybridized carbons (Fsp3) is 0.208. The molecule has 2 aromatic carbocycles. The molecule has 0 aliphatic rings. The Kier molecular flexibility index (Phi) is 6.71. The Labute approximate surface area is 187 Å². The van der Waals surface area contributed by atoms with Crippen molar-refractivity contribution in [3.63, 3.8) is 0 Å². The molecule has 0 atom stereocenters. The van der Waals surface area contributed by atoms with Crippen LogP contribution in [0, 0.1) is 13.8 Å². The normalized spacial score (nSPS) is 11.2. The highest BCUT2D eigenvalue weighted by Gasteiger charge is 2.30. The number of pyridine rings is 1. The number of ether oxygens (including phenoxy) is 1. The van der Waals surface area contributed by atoms with Crippen molar-refractivity contribution in [2.45, 2.75) is 33.5 Å². The van der Waals surface area contributed by atoms with Gasteiger partial charge in [-0.25, -0.2) is 0 Å². The summed E-state index contributed by atoms with van der Waals surface area (Å²) in [7, 11) is 0. The zero-order valence-electron chi connectivity index (χ0n) is 18.1. The Balaban J connectivity index is 1.86. The number of esters is 1. The van der Waals surface area contributed by atoms with Gasteiger partial charge in [-0.3, -0.25) is 14.4 Å². The molecule has 0 saturated carbocycles. The summed E-state index contributed by atoms with van der Waals surface area (Å²) in [5.74, 6) is -0.800. The van der Waals surface area contributed by atoms with Gasteiger partial charge in [-0.15, -0.1) is 0 Å². The number of benzene rings is 2. The van der Waals surface area contributed by atoms with E-state index in [1.54, 1.807) is 13.8 Å². The van der Waals surface area contributed by atoms with Crippen LogP contribution in [-0.2, 0) is 17.5 Å². The van der Waals surface area contributed by atoms with E-state index in [4.69, 9.17) is 4.74 Å². The van der Waals surface area contributed by atoms with Crippen molar-refractivity contribution in [2.24, 2.45) is 0 Å². The molecule has 0 aliphatic heterocycles. The lowest BCUT2D eigenvalue weighted by Gasteiger charge is -2.15. The number of carbonyl (C=O) groups excluding carboxylic acids is 2. The van der Waals surface area contributed by atoms with E-state index in [9.17, 15) is 27.6 Å². The molecule has 1 N–H and O–H groups in total. The Morgan fingerprint density at radius 1 is 1.00 bits per heavy atom. The molecule has 0 saturated heterocycles. The number of amides is 1. The van der Waals surface area contributed by atoms with Crippen molar-refractivity contribution in [1.29, 1.82) is 0 Å². The second-order valence-electron chi connectivity index (χ2n) is 7.48. The number of anilines is 1. The van der Waals surface area contributed by atoms with Gasteiger partial charge in [-0.1, -0.05) is 12.1 Å². The summed E-state index contributed by atoms with van der Waals surface area (Å²) < 4.78 is 44.7. The highest BCUT2D eigenvalue weighted by atomic mass is 19.4. The first-order valence-electron chi connectivity index (χ1n) is 9.92. The number of hydrogen-bond acceptors (Lipinski definition) is 4. The SMILES string of the molecule is CC(=O)Oc1ccc(NC(=O)c2cc(C)c(C)n(Cc3ccc(C(F)(F)F)cc3)c2=O)cc1. The fourth-order valence-electron chi connectivity index (χ4n) is 3.20. The van der Waals surface area contributed by atoms with Crippen LogP contribution in [0.2, 0.25) is 0 Å². The van der Waals surface area contributed by atoms with Gasteiger partial charge in [0.25, 0.3) is 11.5 Å². The second-order valence-corrected chi connectivity index (χ2v) is 7.48. The summed E-state index contributed by atoms with van der Waals surface area (Å²) in [6.45, 7) is 4.73. The van der Waals surface area contributed by atoms with Gasteiger partial charge in [0.1, 0.15) is 11.3 Å². The zero-order chi connectivity index (χ0) is 24.3. The van der Waals surface area contributed by atoms with Gasteiger partial charge >= 0.3 is 12.1 Å². The van der Waals surface area contributed by atoms with Crippen LogP contribution in [-0.4, -0.2) is 16.4 Å². The van der Waals surface area contributed by atoms with Gasteiger partial charge in [0.2, 0.25) is 0 Å². The summed E-state index contributed by atoms with van der Waals surface area (Å²) in [6, 6.07) is 12.1. The molecule has 1 amide bonds. The number of aromatic nitrogens is 1. The maximum atomic E-state index is 13.0. The molecule has 33 heavy (non-hydrogen) atoms. The Morgan fingerprint density at radius 3 is 2.15 bits per heavy atom. The number of hydrogen-bond donors (Lipinski definition) is 1.